The summed E-state index contributed by atoms with van der Waals surface area (Å²) in [5.74, 6) is 0. The molecule has 0 amide bonds. The predicted molar refractivity (Wildman–Crippen MR) is 59.6 cm³/mol. The highest BCUT2D eigenvalue weighted by Gasteiger charge is 2.05. The Balaban J connectivity index is 2.52. The average molecular weight is 214 g/mol. The molecule has 0 saturated heterocycles. The third kappa shape index (κ3) is 3.66. The second kappa shape index (κ2) is 5.35. The van der Waals surface area contributed by atoms with Crippen LogP contribution in [0.25, 0.3) is 0 Å². The van der Waals surface area contributed by atoms with Crippen LogP contribution in [-0.4, -0.2) is 17.8 Å². The van der Waals surface area contributed by atoms with Crippen molar-refractivity contribution < 1.29 is 5.11 Å². The monoisotopic (exact) mass is 213 g/mol. The summed E-state index contributed by atoms with van der Waals surface area (Å²) in [7, 11) is 0. The molecule has 0 saturated carbocycles. The first kappa shape index (κ1) is 11.5. The van der Waals surface area contributed by atoms with Crippen LogP contribution >= 0.6 is 11.6 Å². The third-order valence-corrected chi connectivity index (χ3v) is 2.34. The molecule has 2 atom stereocenters. The van der Waals surface area contributed by atoms with Crippen LogP contribution in [0.4, 0.5) is 0 Å². The van der Waals surface area contributed by atoms with E-state index >= 15 is 0 Å². The van der Waals surface area contributed by atoms with Gasteiger partial charge in [-0.25, -0.2) is 0 Å². The molecule has 1 aromatic carbocycles. The Morgan fingerprint density at radius 1 is 1.29 bits per heavy atom. The zero-order chi connectivity index (χ0) is 10.6. The van der Waals surface area contributed by atoms with Crippen LogP contribution in [0, 0.1) is 0 Å². The topological polar surface area (TPSA) is 32.3 Å². The van der Waals surface area contributed by atoms with Gasteiger partial charge in [0.15, 0.2) is 0 Å². The van der Waals surface area contributed by atoms with Crippen molar-refractivity contribution in [2.75, 3.05) is 6.54 Å². The van der Waals surface area contributed by atoms with Crippen molar-refractivity contribution >= 4 is 11.6 Å². The quantitative estimate of drug-likeness (QED) is 0.805. The zero-order valence-corrected chi connectivity index (χ0v) is 9.25. The van der Waals surface area contributed by atoms with Gasteiger partial charge in [0.1, 0.15) is 0 Å². The normalized spacial score (nSPS) is 15.1. The van der Waals surface area contributed by atoms with Crippen molar-refractivity contribution in [1.82, 2.24) is 5.32 Å². The van der Waals surface area contributed by atoms with Crippen molar-refractivity contribution in [1.29, 1.82) is 0 Å². The van der Waals surface area contributed by atoms with Gasteiger partial charge in [0, 0.05) is 17.6 Å². The van der Waals surface area contributed by atoms with E-state index in [0.29, 0.717) is 6.54 Å². The summed E-state index contributed by atoms with van der Waals surface area (Å²) < 4.78 is 0. The largest absolute Gasteiger partial charge is 0.392 e. The molecule has 2 nitrogen and oxygen atoms in total. The Morgan fingerprint density at radius 2 is 1.86 bits per heavy atom. The average Bonchev–Trinajstić information content (AvgIpc) is 2.15. The molecule has 1 aromatic rings. The van der Waals surface area contributed by atoms with E-state index in [1.807, 2.05) is 24.3 Å². The number of nitrogens with one attached hydrogen (secondary N) is 1. The predicted octanol–water partition coefficient (Wildman–Crippen LogP) is 2.37. The molecule has 0 radical (unpaired) electrons. The fourth-order valence-corrected chi connectivity index (χ4v) is 1.34. The molecule has 0 aliphatic rings. The minimum absolute atomic E-state index is 0.238. The first-order valence-corrected chi connectivity index (χ1v) is 5.14. The summed E-state index contributed by atoms with van der Waals surface area (Å²) >= 11 is 5.78. The van der Waals surface area contributed by atoms with Crippen molar-refractivity contribution in [2.45, 2.75) is 26.0 Å². The van der Waals surface area contributed by atoms with Crippen molar-refractivity contribution in [3.8, 4) is 0 Å². The zero-order valence-electron chi connectivity index (χ0n) is 8.50. The lowest BCUT2D eigenvalue weighted by Crippen LogP contribution is -2.27. The molecule has 0 heterocycles. The molecule has 3 heteroatoms. The fraction of sp³-hybridized carbons (Fsp3) is 0.455. The standard InChI is InChI=1S/C11H16ClNO/c1-8(14)7-13-9(2)10-3-5-11(12)6-4-10/h3-6,8-9,13-14H,7H2,1-2H3/t8-,9+/m0/s1. The number of hydrogen-bond donors (Lipinski definition) is 2. The lowest BCUT2D eigenvalue weighted by atomic mass is 10.1. The van der Waals surface area contributed by atoms with E-state index in [1.165, 1.54) is 5.56 Å². The molecule has 0 spiro atoms. The number of halogens is 1. The SMILES string of the molecule is C[C@H](O)CN[C@H](C)c1ccc(Cl)cc1. The van der Waals surface area contributed by atoms with Gasteiger partial charge in [-0.1, -0.05) is 23.7 Å². The van der Waals surface area contributed by atoms with Crippen LogP contribution in [-0.2, 0) is 0 Å². The van der Waals surface area contributed by atoms with E-state index in [9.17, 15) is 0 Å². The van der Waals surface area contributed by atoms with Gasteiger partial charge < -0.3 is 10.4 Å². The lowest BCUT2D eigenvalue weighted by Gasteiger charge is -2.15. The van der Waals surface area contributed by atoms with E-state index in [1.54, 1.807) is 6.92 Å². The second-order valence-corrected chi connectivity index (χ2v) is 3.97. The van der Waals surface area contributed by atoms with Gasteiger partial charge >= 0.3 is 0 Å². The molecule has 0 bridgehead atoms. The molecule has 2 N–H and O–H groups in total. The van der Waals surface area contributed by atoms with Crippen LogP contribution in [0.3, 0.4) is 0 Å². The van der Waals surface area contributed by atoms with Gasteiger partial charge in [-0.05, 0) is 31.5 Å². The molecule has 0 fully saturated rings. The second-order valence-electron chi connectivity index (χ2n) is 3.53. The maximum absolute atomic E-state index is 9.11. The Hall–Kier alpha value is -0.570. The fourth-order valence-electron chi connectivity index (χ4n) is 1.22. The number of aliphatic hydroxyl groups is 1. The Kier molecular flexibility index (Phi) is 4.39. The van der Waals surface area contributed by atoms with Crippen LogP contribution in [0.2, 0.25) is 5.02 Å². The van der Waals surface area contributed by atoms with Crippen molar-refractivity contribution in [3.05, 3.63) is 34.9 Å². The maximum atomic E-state index is 9.11. The number of aliphatic hydroxyl groups excluding tert-OH is 1. The van der Waals surface area contributed by atoms with E-state index in [2.05, 4.69) is 12.2 Å². The minimum Gasteiger partial charge on any atom is -0.392 e. The van der Waals surface area contributed by atoms with Gasteiger partial charge in [0.25, 0.3) is 0 Å². The first-order chi connectivity index (χ1) is 6.59. The minimum atomic E-state index is -0.315. The number of hydrogen-bond acceptors (Lipinski definition) is 2. The van der Waals surface area contributed by atoms with Gasteiger partial charge in [-0.3, -0.25) is 0 Å². The molecule has 0 aliphatic carbocycles. The summed E-state index contributed by atoms with van der Waals surface area (Å²) in [5.41, 5.74) is 1.18. The summed E-state index contributed by atoms with van der Waals surface area (Å²) in [5, 5.41) is 13.1. The molecule has 1 rings (SSSR count). The van der Waals surface area contributed by atoms with Crippen molar-refractivity contribution in [2.24, 2.45) is 0 Å². The molecule has 14 heavy (non-hydrogen) atoms. The van der Waals surface area contributed by atoms with E-state index in [4.69, 9.17) is 16.7 Å². The highest BCUT2D eigenvalue weighted by molar-refractivity contribution is 6.30. The van der Waals surface area contributed by atoms with Gasteiger partial charge in [-0.2, -0.15) is 0 Å². The van der Waals surface area contributed by atoms with Crippen LogP contribution < -0.4 is 5.32 Å². The highest BCUT2D eigenvalue weighted by atomic mass is 35.5. The summed E-state index contributed by atoms with van der Waals surface area (Å²) in [6, 6.07) is 7.96. The van der Waals surface area contributed by atoms with E-state index in [-0.39, 0.29) is 12.1 Å². The van der Waals surface area contributed by atoms with Crippen LogP contribution in [0.15, 0.2) is 24.3 Å². The molecule has 0 aromatic heterocycles. The van der Waals surface area contributed by atoms with E-state index in [0.717, 1.165) is 5.02 Å². The third-order valence-electron chi connectivity index (χ3n) is 2.09. The Morgan fingerprint density at radius 3 is 2.36 bits per heavy atom. The molecule has 78 valence electrons. The van der Waals surface area contributed by atoms with Gasteiger partial charge in [-0.15, -0.1) is 0 Å². The summed E-state index contributed by atoms with van der Waals surface area (Å²) in [6.45, 7) is 4.43. The van der Waals surface area contributed by atoms with Crippen LogP contribution in [0.1, 0.15) is 25.5 Å². The van der Waals surface area contributed by atoms with Gasteiger partial charge in [0.2, 0.25) is 0 Å². The molecular weight excluding hydrogens is 198 g/mol. The number of benzene rings is 1. The highest BCUT2D eigenvalue weighted by Crippen LogP contribution is 2.15. The first-order valence-electron chi connectivity index (χ1n) is 4.76. The maximum Gasteiger partial charge on any atom is 0.0636 e. The smallest absolute Gasteiger partial charge is 0.0636 e. The van der Waals surface area contributed by atoms with Crippen molar-refractivity contribution in [3.63, 3.8) is 0 Å². The summed E-state index contributed by atoms with van der Waals surface area (Å²) in [6.07, 6.45) is -0.315. The number of rotatable bonds is 4. The van der Waals surface area contributed by atoms with Crippen LogP contribution in [0.5, 0.6) is 0 Å². The Labute approximate surface area is 89.9 Å². The summed E-state index contributed by atoms with van der Waals surface area (Å²) in [4.78, 5) is 0. The lowest BCUT2D eigenvalue weighted by molar-refractivity contribution is 0.187. The molecular formula is C11H16ClNO. The molecule has 0 aliphatic heterocycles. The van der Waals surface area contributed by atoms with Gasteiger partial charge in [0.05, 0.1) is 6.10 Å². The Bertz CT molecular complexity index is 271. The van der Waals surface area contributed by atoms with E-state index < -0.39 is 0 Å². The molecule has 0 unspecified atom stereocenters.